The average molecular weight is 217 g/mol. The van der Waals surface area contributed by atoms with E-state index in [1.807, 2.05) is 18.2 Å². The van der Waals surface area contributed by atoms with Gasteiger partial charge in [-0.3, -0.25) is 0 Å². The molecule has 0 unspecified atom stereocenters. The van der Waals surface area contributed by atoms with Gasteiger partial charge in [0.2, 0.25) is 0 Å². The number of rotatable bonds is 5. The van der Waals surface area contributed by atoms with Gasteiger partial charge in [-0.2, -0.15) is 0 Å². The molecule has 16 heavy (non-hydrogen) atoms. The lowest BCUT2D eigenvalue weighted by atomic mass is 10.1. The molecule has 0 radical (unpaired) electrons. The third-order valence-electron chi connectivity index (χ3n) is 2.74. The molecular weight excluding hydrogens is 198 g/mol. The largest absolute Gasteiger partial charge is 0.508 e. The van der Waals surface area contributed by atoms with Gasteiger partial charge in [0.05, 0.1) is 0 Å². The Morgan fingerprint density at radius 3 is 2.50 bits per heavy atom. The fourth-order valence-electron chi connectivity index (χ4n) is 1.76. The van der Waals surface area contributed by atoms with Crippen molar-refractivity contribution in [1.29, 1.82) is 0 Å². The summed E-state index contributed by atoms with van der Waals surface area (Å²) in [6, 6.07) is 5.82. The molecule has 1 rings (SSSR count). The quantitative estimate of drug-likeness (QED) is 0.767. The van der Waals surface area contributed by atoms with Crippen LogP contribution in [-0.4, -0.2) is 18.2 Å². The average Bonchev–Trinajstić information content (AvgIpc) is 2.29. The fraction of sp³-hybridized carbons (Fsp3) is 0.429. The number of phenolic OH excluding ortho intramolecular Hbond substituents is 1. The number of aromatic hydroxyl groups is 1. The van der Waals surface area contributed by atoms with E-state index in [2.05, 4.69) is 24.7 Å². The van der Waals surface area contributed by atoms with Crippen molar-refractivity contribution in [2.24, 2.45) is 0 Å². The first-order chi connectivity index (χ1) is 7.72. The first-order valence-corrected chi connectivity index (χ1v) is 5.73. The van der Waals surface area contributed by atoms with Crippen molar-refractivity contribution in [2.75, 3.05) is 18.0 Å². The zero-order valence-corrected chi connectivity index (χ0v) is 10.0. The van der Waals surface area contributed by atoms with Crippen molar-refractivity contribution < 1.29 is 5.11 Å². The monoisotopic (exact) mass is 217 g/mol. The van der Waals surface area contributed by atoms with Gasteiger partial charge in [-0.1, -0.05) is 6.07 Å². The van der Waals surface area contributed by atoms with E-state index in [0.29, 0.717) is 12.2 Å². The van der Waals surface area contributed by atoms with E-state index in [1.165, 1.54) is 0 Å². The van der Waals surface area contributed by atoms with Crippen molar-refractivity contribution in [3.63, 3.8) is 0 Å². The normalized spacial score (nSPS) is 9.81. The molecule has 0 spiro atoms. The van der Waals surface area contributed by atoms with Crippen LogP contribution in [0, 0.1) is 12.3 Å². The Bertz CT molecular complexity index is 375. The van der Waals surface area contributed by atoms with Crippen molar-refractivity contribution in [2.45, 2.75) is 26.7 Å². The van der Waals surface area contributed by atoms with Crippen LogP contribution in [0.4, 0.5) is 5.69 Å². The van der Waals surface area contributed by atoms with Crippen LogP contribution in [0.15, 0.2) is 18.2 Å². The third-order valence-corrected chi connectivity index (χ3v) is 2.74. The number of phenols is 1. The molecule has 1 aromatic carbocycles. The van der Waals surface area contributed by atoms with Crippen molar-refractivity contribution in [3.05, 3.63) is 23.8 Å². The first kappa shape index (κ1) is 12.4. The minimum Gasteiger partial charge on any atom is -0.508 e. The highest BCUT2D eigenvalue weighted by Gasteiger charge is 2.06. The SMILES string of the molecule is C#CCCc1ccc(N(CC)CC)cc1O. The second kappa shape index (κ2) is 6.07. The minimum atomic E-state index is 0.347. The molecule has 86 valence electrons. The van der Waals surface area contributed by atoms with Crippen molar-refractivity contribution in [3.8, 4) is 18.1 Å². The van der Waals surface area contributed by atoms with Gasteiger partial charge in [-0.05, 0) is 31.9 Å². The van der Waals surface area contributed by atoms with E-state index in [0.717, 1.165) is 30.8 Å². The number of terminal acetylenes is 1. The first-order valence-electron chi connectivity index (χ1n) is 5.73. The molecule has 0 saturated heterocycles. The van der Waals surface area contributed by atoms with Crippen molar-refractivity contribution >= 4 is 5.69 Å². The number of anilines is 1. The Labute approximate surface area is 97.9 Å². The van der Waals surface area contributed by atoms with Crippen LogP contribution in [0.5, 0.6) is 5.75 Å². The molecule has 0 aliphatic heterocycles. The molecular formula is C14H19NO. The summed E-state index contributed by atoms with van der Waals surface area (Å²) >= 11 is 0. The summed E-state index contributed by atoms with van der Waals surface area (Å²) in [6.07, 6.45) is 6.61. The van der Waals surface area contributed by atoms with Crippen LogP contribution in [0.2, 0.25) is 0 Å². The summed E-state index contributed by atoms with van der Waals surface area (Å²) in [4.78, 5) is 2.20. The number of hydrogen-bond acceptors (Lipinski definition) is 2. The van der Waals surface area contributed by atoms with Crippen LogP contribution in [0.1, 0.15) is 25.8 Å². The lowest BCUT2D eigenvalue weighted by Crippen LogP contribution is -2.21. The molecule has 0 saturated carbocycles. The number of aryl methyl sites for hydroxylation is 1. The molecule has 0 heterocycles. The number of hydrogen-bond donors (Lipinski definition) is 1. The predicted octanol–water partition coefficient (Wildman–Crippen LogP) is 2.80. The van der Waals surface area contributed by atoms with Crippen molar-refractivity contribution in [1.82, 2.24) is 0 Å². The maximum absolute atomic E-state index is 9.86. The molecule has 1 N–H and O–H groups in total. The lowest BCUT2D eigenvalue weighted by Gasteiger charge is -2.21. The van der Waals surface area contributed by atoms with Crippen LogP contribution in [0.25, 0.3) is 0 Å². The van der Waals surface area contributed by atoms with E-state index in [-0.39, 0.29) is 0 Å². The van der Waals surface area contributed by atoms with E-state index < -0.39 is 0 Å². The predicted molar refractivity (Wildman–Crippen MR) is 68.8 cm³/mol. The summed E-state index contributed by atoms with van der Waals surface area (Å²) < 4.78 is 0. The standard InChI is InChI=1S/C14H19NO/c1-4-7-8-12-9-10-13(11-14(12)16)15(5-2)6-3/h1,9-11,16H,5-8H2,2-3H3. The van der Waals surface area contributed by atoms with E-state index in [9.17, 15) is 5.11 Å². The second-order valence-electron chi connectivity index (χ2n) is 3.69. The molecule has 1 aromatic rings. The molecule has 0 amide bonds. The topological polar surface area (TPSA) is 23.5 Å². The summed E-state index contributed by atoms with van der Waals surface area (Å²) in [7, 11) is 0. The van der Waals surface area contributed by atoms with Gasteiger partial charge in [0.1, 0.15) is 5.75 Å². The lowest BCUT2D eigenvalue weighted by molar-refractivity contribution is 0.468. The fourth-order valence-corrected chi connectivity index (χ4v) is 1.76. The maximum atomic E-state index is 9.86. The highest BCUT2D eigenvalue weighted by molar-refractivity contribution is 5.53. The molecule has 0 bridgehead atoms. The van der Waals surface area contributed by atoms with Gasteiger partial charge in [0.25, 0.3) is 0 Å². The summed E-state index contributed by atoms with van der Waals surface area (Å²) in [5.74, 6) is 2.93. The highest BCUT2D eigenvalue weighted by atomic mass is 16.3. The van der Waals surface area contributed by atoms with Crippen LogP contribution < -0.4 is 4.90 Å². The summed E-state index contributed by atoms with van der Waals surface area (Å²) in [6.45, 7) is 6.10. The highest BCUT2D eigenvalue weighted by Crippen LogP contribution is 2.25. The Hall–Kier alpha value is -1.62. The van der Waals surface area contributed by atoms with E-state index in [1.54, 1.807) is 0 Å². The zero-order valence-electron chi connectivity index (χ0n) is 10.0. The van der Waals surface area contributed by atoms with E-state index >= 15 is 0 Å². The summed E-state index contributed by atoms with van der Waals surface area (Å²) in [5, 5.41) is 9.86. The van der Waals surface area contributed by atoms with Gasteiger partial charge < -0.3 is 10.0 Å². The molecule has 2 nitrogen and oxygen atoms in total. The Balaban J connectivity index is 2.86. The molecule has 0 aromatic heterocycles. The number of nitrogens with zero attached hydrogens (tertiary/aromatic N) is 1. The Morgan fingerprint density at radius 1 is 1.31 bits per heavy atom. The molecule has 0 aliphatic rings. The zero-order chi connectivity index (χ0) is 12.0. The smallest absolute Gasteiger partial charge is 0.120 e. The molecule has 0 aliphatic carbocycles. The number of benzene rings is 1. The van der Waals surface area contributed by atoms with Crippen LogP contribution in [-0.2, 0) is 6.42 Å². The third kappa shape index (κ3) is 2.93. The van der Waals surface area contributed by atoms with Gasteiger partial charge in [0.15, 0.2) is 0 Å². The minimum absolute atomic E-state index is 0.347. The van der Waals surface area contributed by atoms with Crippen LogP contribution >= 0.6 is 0 Å². The molecule has 0 atom stereocenters. The molecule has 0 fully saturated rings. The molecule has 2 heteroatoms. The summed E-state index contributed by atoms with van der Waals surface area (Å²) in [5.41, 5.74) is 1.99. The van der Waals surface area contributed by atoms with Gasteiger partial charge in [-0.25, -0.2) is 0 Å². The van der Waals surface area contributed by atoms with Gasteiger partial charge in [-0.15, -0.1) is 12.3 Å². The van der Waals surface area contributed by atoms with Gasteiger partial charge >= 0.3 is 0 Å². The maximum Gasteiger partial charge on any atom is 0.120 e. The Kier molecular flexibility index (Phi) is 4.72. The van der Waals surface area contributed by atoms with Gasteiger partial charge in [0, 0.05) is 31.3 Å². The van der Waals surface area contributed by atoms with E-state index in [4.69, 9.17) is 6.42 Å². The Morgan fingerprint density at radius 2 is 2.00 bits per heavy atom. The van der Waals surface area contributed by atoms with Crippen LogP contribution in [0.3, 0.4) is 0 Å². The second-order valence-corrected chi connectivity index (χ2v) is 3.69.